The number of ether oxygens (including phenoxy) is 1. The first-order valence-corrected chi connectivity index (χ1v) is 6.98. The van der Waals surface area contributed by atoms with E-state index < -0.39 is 0 Å². The first kappa shape index (κ1) is 12.9. The minimum Gasteiger partial charge on any atom is -0.478 e. The van der Waals surface area contributed by atoms with Crippen molar-refractivity contribution in [1.29, 1.82) is 0 Å². The molecule has 0 unspecified atom stereocenters. The molecular weight excluding hydrogens is 274 g/mol. The molecule has 0 bridgehead atoms. The average Bonchev–Trinajstić information content (AvgIpc) is 2.91. The number of halogens is 1. The number of imidazole rings is 1. The number of pyridine rings is 1. The molecule has 2 heterocycles. The van der Waals surface area contributed by atoms with E-state index in [9.17, 15) is 0 Å². The highest BCUT2D eigenvalue weighted by atomic mass is 35.5. The minimum absolute atomic E-state index is 0.487. The van der Waals surface area contributed by atoms with E-state index in [2.05, 4.69) is 15.0 Å². The normalized spacial score (nSPS) is 10.9. The van der Waals surface area contributed by atoms with Gasteiger partial charge >= 0.3 is 0 Å². The molecule has 102 valence electrons. The Kier molecular flexibility index (Phi) is 3.56. The van der Waals surface area contributed by atoms with Crippen LogP contribution in [-0.4, -0.2) is 21.6 Å². The summed E-state index contributed by atoms with van der Waals surface area (Å²) in [4.78, 5) is 12.1. The van der Waals surface area contributed by atoms with Crippen LogP contribution in [0.15, 0.2) is 36.4 Å². The van der Waals surface area contributed by atoms with Gasteiger partial charge in [-0.2, -0.15) is 4.98 Å². The summed E-state index contributed by atoms with van der Waals surface area (Å²) in [6.45, 7) is 2.52. The van der Waals surface area contributed by atoms with Gasteiger partial charge in [0, 0.05) is 17.5 Å². The summed E-state index contributed by atoms with van der Waals surface area (Å²) in [5.74, 6) is 1.86. The Morgan fingerprint density at radius 2 is 2.10 bits per heavy atom. The van der Waals surface area contributed by atoms with Crippen molar-refractivity contribution in [3.8, 4) is 17.3 Å². The molecular formula is C15H14ClN3O. The van der Waals surface area contributed by atoms with Crippen LogP contribution in [-0.2, 0) is 5.88 Å². The number of hydrogen-bond acceptors (Lipinski definition) is 3. The Morgan fingerprint density at radius 3 is 2.90 bits per heavy atom. The zero-order chi connectivity index (χ0) is 13.9. The Balaban J connectivity index is 2.03. The van der Waals surface area contributed by atoms with Crippen molar-refractivity contribution in [2.45, 2.75) is 12.8 Å². The fourth-order valence-corrected chi connectivity index (χ4v) is 2.21. The molecule has 4 nitrogen and oxygen atoms in total. The largest absolute Gasteiger partial charge is 0.478 e. The Hall–Kier alpha value is -2.07. The van der Waals surface area contributed by atoms with Gasteiger partial charge in [-0.05, 0) is 24.6 Å². The first-order chi connectivity index (χ1) is 9.80. The number of hydrogen-bond donors (Lipinski definition) is 1. The summed E-state index contributed by atoms with van der Waals surface area (Å²) in [6.07, 6.45) is 0. The van der Waals surface area contributed by atoms with Crippen LogP contribution in [0, 0.1) is 0 Å². The van der Waals surface area contributed by atoms with Crippen molar-refractivity contribution >= 4 is 22.8 Å². The molecule has 20 heavy (non-hydrogen) atoms. The summed E-state index contributed by atoms with van der Waals surface area (Å²) >= 11 is 5.86. The van der Waals surface area contributed by atoms with E-state index >= 15 is 0 Å². The van der Waals surface area contributed by atoms with Gasteiger partial charge < -0.3 is 9.72 Å². The van der Waals surface area contributed by atoms with Crippen molar-refractivity contribution in [2.75, 3.05) is 6.61 Å². The number of nitrogens with one attached hydrogen (secondary N) is 1. The molecule has 0 amide bonds. The van der Waals surface area contributed by atoms with Crippen LogP contribution in [0.1, 0.15) is 12.5 Å². The number of aromatic amines is 1. The molecule has 1 aromatic carbocycles. The molecule has 0 aliphatic rings. The van der Waals surface area contributed by atoms with E-state index in [4.69, 9.17) is 16.3 Å². The van der Waals surface area contributed by atoms with Crippen molar-refractivity contribution in [2.24, 2.45) is 0 Å². The average molecular weight is 288 g/mol. The van der Waals surface area contributed by atoms with Crippen molar-refractivity contribution < 1.29 is 4.74 Å². The molecule has 0 radical (unpaired) electrons. The highest BCUT2D eigenvalue weighted by Crippen LogP contribution is 2.22. The summed E-state index contributed by atoms with van der Waals surface area (Å²) in [5.41, 5.74) is 3.61. The van der Waals surface area contributed by atoms with Crippen molar-refractivity contribution in [3.63, 3.8) is 0 Å². The number of rotatable bonds is 4. The predicted molar refractivity (Wildman–Crippen MR) is 80.1 cm³/mol. The van der Waals surface area contributed by atoms with E-state index in [0.29, 0.717) is 24.0 Å². The predicted octanol–water partition coefficient (Wildman–Crippen LogP) is 3.76. The summed E-state index contributed by atoms with van der Waals surface area (Å²) in [7, 11) is 0. The second-order valence-electron chi connectivity index (χ2n) is 4.37. The van der Waals surface area contributed by atoms with Gasteiger partial charge in [-0.25, -0.2) is 4.98 Å². The molecule has 0 saturated carbocycles. The number of benzene rings is 1. The fourth-order valence-electron chi connectivity index (χ4n) is 2.04. The van der Waals surface area contributed by atoms with E-state index in [1.807, 2.05) is 43.3 Å². The SMILES string of the molecule is CCOc1ccc2[nH]c(-c3cccc(CCl)c3)nc2n1. The van der Waals surface area contributed by atoms with Gasteiger partial charge in [-0.15, -0.1) is 11.6 Å². The standard InChI is InChI=1S/C15H14ClN3O/c1-2-20-13-7-6-12-15(18-13)19-14(17-12)11-5-3-4-10(8-11)9-16/h3-8H,2,9H2,1H3,(H,17,18,19). The molecule has 0 aliphatic heterocycles. The molecule has 3 rings (SSSR count). The Bertz CT molecular complexity index is 739. The quantitative estimate of drug-likeness (QED) is 0.743. The van der Waals surface area contributed by atoms with Crippen LogP contribution < -0.4 is 4.74 Å². The monoisotopic (exact) mass is 287 g/mol. The van der Waals surface area contributed by atoms with Gasteiger partial charge in [-0.3, -0.25) is 0 Å². The fraction of sp³-hybridized carbons (Fsp3) is 0.200. The van der Waals surface area contributed by atoms with Gasteiger partial charge in [-0.1, -0.05) is 18.2 Å². The van der Waals surface area contributed by atoms with Crippen LogP contribution in [0.4, 0.5) is 0 Å². The molecule has 1 N–H and O–H groups in total. The summed E-state index contributed by atoms with van der Waals surface area (Å²) in [6, 6.07) is 11.7. The number of nitrogens with zero attached hydrogens (tertiary/aromatic N) is 2. The van der Waals surface area contributed by atoms with Crippen LogP contribution in [0.3, 0.4) is 0 Å². The third-order valence-corrected chi connectivity index (χ3v) is 3.28. The highest BCUT2D eigenvalue weighted by Gasteiger charge is 2.08. The van der Waals surface area contributed by atoms with E-state index in [-0.39, 0.29) is 0 Å². The Morgan fingerprint density at radius 1 is 1.20 bits per heavy atom. The lowest BCUT2D eigenvalue weighted by Gasteiger charge is -1.99. The topological polar surface area (TPSA) is 50.8 Å². The van der Waals surface area contributed by atoms with Crippen LogP contribution in [0.25, 0.3) is 22.6 Å². The van der Waals surface area contributed by atoms with Gasteiger partial charge in [0.1, 0.15) is 5.82 Å². The molecule has 0 spiro atoms. The first-order valence-electron chi connectivity index (χ1n) is 6.45. The van der Waals surface area contributed by atoms with Gasteiger partial charge in [0.05, 0.1) is 12.1 Å². The third-order valence-electron chi connectivity index (χ3n) is 2.97. The Labute approximate surface area is 121 Å². The van der Waals surface area contributed by atoms with Crippen molar-refractivity contribution in [3.05, 3.63) is 42.0 Å². The zero-order valence-corrected chi connectivity index (χ0v) is 11.8. The molecule has 0 atom stereocenters. The van der Waals surface area contributed by atoms with Gasteiger partial charge in [0.2, 0.25) is 5.88 Å². The maximum absolute atomic E-state index is 5.86. The van der Waals surface area contributed by atoms with Crippen LogP contribution in [0.5, 0.6) is 5.88 Å². The molecule has 0 aliphatic carbocycles. The smallest absolute Gasteiger partial charge is 0.215 e. The highest BCUT2D eigenvalue weighted by molar-refractivity contribution is 6.17. The maximum Gasteiger partial charge on any atom is 0.215 e. The summed E-state index contributed by atoms with van der Waals surface area (Å²) < 4.78 is 5.38. The molecule has 0 saturated heterocycles. The number of aromatic nitrogens is 3. The second kappa shape index (κ2) is 5.51. The van der Waals surface area contributed by atoms with E-state index in [0.717, 1.165) is 22.5 Å². The lowest BCUT2D eigenvalue weighted by molar-refractivity contribution is 0.328. The minimum atomic E-state index is 0.487. The van der Waals surface area contributed by atoms with Crippen LogP contribution in [0.2, 0.25) is 0 Å². The molecule has 3 aromatic rings. The zero-order valence-electron chi connectivity index (χ0n) is 11.1. The van der Waals surface area contributed by atoms with Gasteiger partial charge in [0.25, 0.3) is 0 Å². The maximum atomic E-state index is 5.86. The molecule has 0 fully saturated rings. The summed E-state index contributed by atoms with van der Waals surface area (Å²) in [5, 5.41) is 0. The lowest BCUT2D eigenvalue weighted by Crippen LogP contribution is -1.93. The number of fused-ring (bicyclic) bond motifs is 1. The lowest BCUT2D eigenvalue weighted by atomic mass is 10.1. The van der Waals surface area contributed by atoms with E-state index in [1.54, 1.807) is 0 Å². The number of H-pyrrole nitrogens is 1. The van der Waals surface area contributed by atoms with Crippen LogP contribution >= 0.6 is 11.6 Å². The molecule has 2 aromatic heterocycles. The van der Waals surface area contributed by atoms with Crippen molar-refractivity contribution in [1.82, 2.24) is 15.0 Å². The molecule has 5 heteroatoms. The third kappa shape index (κ3) is 2.47. The van der Waals surface area contributed by atoms with Gasteiger partial charge in [0.15, 0.2) is 5.65 Å². The number of alkyl halides is 1. The second-order valence-corrected chi connectivity index (χ2v) is 4.64. The van der Waals surface area contributed by atoms with E-state index in [1.165, 1.54) is 0 Å².